The van der Waals surface area contributed by atoms with Crippen LogP contribution in [0.5, 0.6) is 0 Å². The fourth-order valence-corrected chi connectivity index (χ4v) is 5.03. The Bertz CT molecular complexity index is 1450. The van der Waals surface area contributed by atoms with Gasteiger partial charge >= 0.3 is 5.69 Å². The van der Waals surface area contributed by atoms with E-state index < -0.39 is 0 Å². The Balaban J connectivity index is 1.98. The van der Waals surface area contributed by atoms with Crippen LogP contribution < -0.4 is 11.2 Å². The molecule has 2 atom stereocenters. The van der Waals surface area contributed by atoms with Gasteiger partial charge in [0.15, 0.2) is 0 Å². The van der Waals surface area contributed by atoms with Crippen molar-refractivity contribution in [2.24, 2.45) is 20.0 Å². The highest BCUT2D eigenvalue weighted by Crippen LogP contribution is 2.45. The Hall–Kier alpha value is -3.35. The Morgan fingerprint density at radius 3 is 2.55 bits per heavy atom. The number of aromatic nitrogens is 3. The fourth-order valence-electron chi connectivity index (χ4n) is 5.03. The Morgan fingerprint density at radius 2 is 1.87 bits per heavy atom. The van der Waals surface area contributed by atoms with Crippen molar-refractivity contribution in [1.29, 1.82) is 0 Å². The summed E-state index contributed by atoms with van der Waals surface area (Å²) in [5, 5.41) is 0.438. The molecule has 7 heteroatoms. The van der Waals surface area contributed by atoms with Gasteiger partial charge in [0.25, 0.3) is 5.56 Å². The van der Waals surface area contributed by atoms with E-state index in [9.17, 15) is 14.0 Å². The van der Waals surface area contributed by atoms with Gasteiger partial charge in [0.05, 0.1) is 28.2 Å². The predicted molar refractivity (Wildman–Crippen MR) is 117 cm³/mol. The van der Waals surface area contributed by atoms with E-state index in [2.05, 4.69) is 11.5 Å². The molecule has 3 aromatic heterocycles. The molecular weight excluding hydrogens is 397 g/mol. The fraction of sp³-hybridized carbons (Fsp3) is 0.333. The summed E-state index contributed by atoms with van der Waals surface area (Å²) in [4.78, 5) is 26.2. The highest BCUT2D eigenvalue weighted by molar-refractivity contribution is 5.96. The molecule has 6 nitrogen and oxygen atoms in total. The third kappa shape index (κ3) is 2.76. The van der Waals surface area contributed by atoms with E-state index in [1.54, 1.807) is 19.2 Å². The first kappa shape index (κ1) is 19.6. The molecule has 31 heavy (non-hydrogen) atoms. The summed E-state index contributed by atoms with van der Waals surface area (Å²) >= 11 is 0. The largest absolute Gasteiger partial charge is 0.466 e. The maximum absolute atomic E-state index is 14.2. The van der Waals surface area contributed by atoms with E-state index in [0.717, 1.165) is 28.2 Å². The number of nitrogens with zero attached hydrogens (tertiary/aromatic N) is 3. The van der Waals surface area contributed by atoms with Gasteiger partial charge in [0.2, 0.25) is 0 Å². The zero-order valence-corrected chi connectivity index (χ0v) is 18.0. The molecule has 0 unspecified atom stereocenters. The minimum absolute atomic E-state index is 0.120. The monoisotopic (exact) mass is 421 g/mol. The maximum atomic E-state index is 14.2. The zero-order chi connectivity index (χ0) is 22.0. The minimum Gasteiger partial charge on any atom is -0.466 e. The summed E-state index contributed by atoms with van der Waals surface area (Å²) in [6, 6.07) is 10.2. The number of rotatable bonds is 2. The van der Waals surface area contributed by atoms with Crippen molar-refractivity contribution >= 4 is 10.9 Å². The van der Waals surface area contributed by atoms with E-state index in [4.69, 9.17) is 4.42 Å². The summed E-state index contributed by atoms with van der Waals surface area (Å²) in [6.07, 6.45) is 0.870. The van der Waals surface area contributed by atoms with Gasteiger partial charge in [0.1, 0.15) is 17.3 Å². The van der Waals surface area contributed by atoms with Crippen LogP contribution in [0.3, 0.4) is 0 Å². The quantitative estimate of drug-likeness (QED) is 0.493. The van der Waals surface area contributed by atoms with Crippen molar-refractivity contribution in [3.8, 4) is 11.3 Å². The van der Waals surface area contributed by atoms with Crippen LogP contribution in [0.4, 0.5) is 4.39 Å². The van der Waals surface area contributed by atoms with Gasteiger partial charge in [-0.2, -0.15) is 0 Å². The van der Waals surface area contributed by atoms with Crippen molar-refractivity contribution in [3.63, 3.8) is 0 Å². The molecule has 0 bridgehead atoms. The highest BCUT2D eigenvalue weighted by Gasteiger charge is 2.37. The lowest BCUT2D eigenvalue weighted by Crippen LogP contribution is -2.37. The Kier molecular flexibility index (Phi) is 4.32. The van der Waals surface area contributed by atoms with Gasteiger partial charge in [-0.05, 0) is 43.5 Å². The van der Waals surface area contributed by atoms with Crippen LogP contribution in [0.15, 0.2) is 50.4 Å². The molecule has 5 rings (SSSR count). The molecule has 0 N–H and O–H groups in total. The molecule has 160 valence electrons. The minimum atomic E-state index is -0.385. The molecule has 4 aromatic rings. The Labute approximate surface area is 178 Å². The van der Waals surface area contributed by atoms with Crippen molar-refractivity contribution < 1.29 is 8.81 Å². The van der Waals surface area contributed by atoms with Crippen molar-refractivity contribution in [2.75, 3.05) is 0 Å². The van der Waals surface area contributed by atoms with Gasteiger partial charge in [0, 0.05) is 26.2 Å². The summed E-state index contributed by atoms with van der Waals surface area (Å²) < 4.78 is 24.9. The number of fused-ring (bicyclic) bond motifs is 3. The van der Waals surface area contributed by atoms with E-state index in [1.165, 1.54) is 23.7 Å². The van der Waals surface area contributed by atoms with Gasteiger partial charge in [-0.25, -0.2) is 9.18 Å². The summed E-state index contributed by atoms with van der Waals surface area (Å²) in [5.74, 6) is 1.38. The molecule has 1 aliphatic rings. The zero-order valence-electron chi connectivity index (χ0n) is 18.0. The second-order valence-corrected chi connectivity index (χ2v) is 8.52. The van der Waals surface area contributed by atoms with Crippen molar-refractivity contribution in [2.45, 2.75) is 32.7 Å². The van der Waals surface area contributed by atoms with Gasteiger partial charge in [-0.3, -0.25) is 13.9 Å². The lowest BCUT2D eigenvalue weighted by atomic mass is 9.83. The first-order chi connectivity index (χ1) is 14.8. The summed E-state index contributed by atoms with van der Waals surface area (Å²) in [6.45, 7) is 4.73. The van der Waals surface area contributed by atoms with E-state index in [0.29, 0.717) is 28.7 Å². The molecule has 0 saturated heterocycles. The van der Waals surface area contributed by atoms with Crippen LogP contribution in [0, 0.1) is 18.7 Å². The average molecular weight is 421 g/mol. The molecule has 4 heterocycles. The lowest BCUT2D eigenvalue weighted by molar-refractivity contribution is 0.331. The van der Waals surface area contributed by atoms with E-state index in [-0.39, 0.29) is 28.9 Å². The van der Waals surface area contributed by atoms with Gasteiger partial charge in [-0.1, -0.05) is 19.1 Å². The molecule has 1 aliphatic heterocycles. The maximum Gasteiger partial charge on any atom is 0.331 e. The second kappa shape index (κ2) is 6.83. The van der Waals surface area contributed by atoms with Gasteiger partial charge < -0.3 is 8.98 Å². The van der Waals surface area contributed by atoms with Crippen LogP contribution in [0.2, 0.25) is 0 Å². The van der Waals surface area contributed by atoms with E-state index in [1.807, 2.05) is 19.1 Å². The summed E-state index contributed by atoms with van der Waals surface area (Å²) in [5.41, 5.74) is 1.99. The SMILES string of the molecule is Cc1ccc([C@H]2c3c4c(c(-c5cccc(F)c5)n3CC[C@@H]2C)c(=O)n(C)c(=O)n4C)o1. The lowest BCUT2D eigenvalue weighted by Gasteiger charge is -2.31. The predicted octanol–water partition coefficient (Wildman–Crippen LogP) is 3.92. The highest BCUT2D eigenvalue weighted by atomic mass is 19.1. The van der Waals surface area contributed by atoms with E-state index >= 15 is 0 Å². The standard InChI is InChI=1S/C24H24FN3O3/c1-13-10-11-28-20(15-6-5-7-16(25)12-15)19-21(26(3)24(30)27(4)23(19)29)22(28)18(13)17-9-8-14(2)31-17/h5-9,12-13,18H,10-11H2,1-4H3/t13-,18-/m0/s1. The second-order valence-electron chi connectivity index (χ2n) is 8.52. The summed E-state index contributed by atoms with van der Waals surface area (Å²) in [7, 11) is 3.16. The number of furan rings is 1. The van der Waals surface area contributed by atoms with Crippen LogP contribution in [-0.4, -0.2) is 13.7 Å². The van der Waals surface area contributed by atoms with Crippen LogP contribution >= 0.6 is 0 Å². The number of aryl methyl sites for hydroxylation is 2. The molecule has 0 amide bonds. The van der Waals surface area contributed by atoms with Crippen molar-refractivity contribution in [1.82, 2.24) is 13.7 Å². The topological polar surface area (TPSA) is 62.1 Å². The molecule has 0 fully saturated rings. The number of hydrogen-bond acceptors (Lipinski definition) is 3. The van der Waals surface area contributed by atoms with Crippen LogP contribution in [-0.2, 0) is 20.6 Å². The number of benzene rings is 1. The first-order valence-electron chi connectivity index (χ1n) is 10.4. The smallest absolute Gasteiger partial charge is 0.331 e. The molecule has 0 aliphatic carbocycles. The Morgan fingerprint density at radius 1 is 1.10 bits per heavy atom. The molecular formula is C24H24FN3O3. The molecule has 0 spiro atoms. The molecule has 0 saturated carbocycles. The van der Waals surface area contributed by atoms with Crippen LogP contribution in [0.1, 0.15) is 36.5 Å². The average Bonchev–Trinajstić information content (AvgIpc) is 3.32. The third-order valence-electron chi connectivity index (χ3n) is 6.54. The molecule has 0 radical (unpaired) electrons. The number of halogens is 1. The normalized spacial score (nSPS) is 18.5. The number of hydrogen-bond donors (Lipinski definition) is 0. The first-order valence-corrected chi connectivity index (χ1v) is 10.4. The van der Waals surface area contributed by atoms with Crippen LogP contribution in [0.25, 0.3) is 22.2 Å². The molecule has 1 aromatic carbocycles. The third-order valence-corrected chi connectivity index (χ3v) is 6.54. The van der Waals surface area contributed by atoms with Gasteiger partial charge in [-0.15, -0.1) is 0 Å². The van der Waals surface area contributed by atoms with Crippen molar-refractivity contribution in [3.05, 3.63) is 80.3 Å².